The number of methoxy groups -OCH3 is 2. The van der Waals surface area contributed by atoms with Crippen LogP contribution in [-0.4, -0.2) is 51.6 Å². The summed E-state index contributed by atoms with van der Waals surface area (Å²) >= 11 is 0. The molecule has 0 N–H and O–H groups in total. The fraction of sp³-hybridized carbons (Fsp3) is 0.435. The molecule has 1 fully saturated rings. The summed E-state index contributed by atoms with van der Waals surface area (Å²) in [6.07, 6.45) is -0.969. The van der Waals surface area contributed by atoms with Crippen molar-refractivity contribution in [1.82, 2.24) is 4.31 Å². The number of ether oxygens (including phenoxy) is 3. The maximum atomic E-state index is 13.5. The summed E-state index contributed by atoms with van der Waals surface area (Å²) in [7, 11) is -0.824. The van der Waals surface area contributed by atoms with Gasteiger partial charge in [-0.1, -0.05) is 31.5 Å². The van der Waals surface area contributed by atoms with Gasteiger partial charge in [-0.2, -0.15) is 4.31 Å². The van der Waals surface area contributed by atoms with E-state index < -0.39 is 16.3 Å². The molecule has 7 nitrogen and oxygen atoms in total. The summed E-state index contributed by atoms with van der Waals surface area (Å²) in [5, 5.41) is 0. The van der Waals surface area contributed by atoms with E-state index in [-0.39, 0.29) is 35.7 Å². The van der Waals surface area contributed by atoms with Crippen molar-refractivity contribution in [3.63, 3.8) is 0 Å². The van der Waals surface area contributed by atoms with Gasteiger partial charge in [-0.25, -0.2) is 8.42 Å². The van der Waals surface area contributed by atoms with Crippen LogP contribution in [0.4, 0.5) is 0 Å². The first-order valence-corrected chi connectivity index (χ1v) is 11.6. The number of hydrogen-bond acceptors (Lipinski definition) is 6. The third-order valence-corrected chi connectivity index (χ3v) is 7.43. The Morgan fingerprint density at radius 3 is 2.32 bits per heavy atom. The summed E-state index contributed by atoms with van der Waals surface area (Å²) in [6.45, 7) is 6.04. The van der Waals surface area contributed by atoms with Gasteiger partial charge >= 0.3 is 0 Å². The number of nitrogens with zero attached hydrogens (tertiary/aromatic N) is 1. The highest BCUT2D eigenvalue weighted by Crippen LogP contribution is 2.33. The topological polar surface area (TPSA) is 82.1 Å². The molecule has 1 aliphatic heterocycles. The minimum Gasteiger partial charge on any atom is -0.493 e. The van der Waals surface area contributed by atoms with Crippen LogP contribution < -0.4 is 9.47 Å². The van der Waals surface area contributed by atoms with E-state index in [4.69, 9.17) is 14.2 Å². The Bertz CT molecular complexity index is 1030. The minimum absolute atomic E-state index is 0.0291. The molecule has 0 bridgehead atoms. The number of ketones is 1. The van der Waals surface area contributed by atoms with Crippen LogP contribution in [0.2, 0.25) is 0 Å². The monoisotopic (exact) mass is 447 g/mol. The lowest BCUT2D eigenvalue weighted by Gasteiger charge is -2.29. The van der Waals surface area contributed by atoms with Gasteiger partial charge in [0.1, 0.15) is 6.23 Å². The van der Waals surface area contributed by atoms with Crippen molar-refractivity contribution in [2.45, 2.75) is 44.4 Å². The van der Waals surface area contributed by atoms with Gasteiger partial charge in [0, 0.05) is 5.56 Å². The molecule has 0 saturated carbocycles. The zero-order valence-electron chi connectivity index (χ0n) is 18.5. The van der Waals surface area contributed by atoms with Crippen LogP contribution in [0.25, 0.3) is 0 Å². The number of carbonyl (C=O) groups excluding carboxylic acids is 1. The molecule has 168 valence electrons. The van der Waals surface area contributed by atoms with Crippen molar-refractivity contribution in [1.29, 1.82) is 0 Å². The first-order chi connectivity index (χ1) is 14.7. The molecule has 3 rings (SSSR count). The van der Waals surface area contributed by atoms with Gasteiger partial charge in [-0.15, -0.1) is 0 Å². The molecular weight excluding hydrogens is 418 g/mol. The number of Topliss-reactive ketones (excluding diaryl/α,β-unsaturated/α-hetero) is 1. The molecule has 2 aromatic carbocycles. The summed E-state index contributed by atoms with van der Waals surface area (Å²) < 4.78 is 44.6. The third kappa shape index (κ3) is 4.76. The van der Waals surface area contributed by atoms with Gasteiger partial charge in [0.15, 0.2) is 17.3 Å². The molecule has 2 aromatic rings. The second kappa shape index (κ2) is 9.38. The van der Waals surface area contributed by atoms with Gasteiger partial charge in [-0.3, -0.25) is 4.79 Å². The van der Waals surface area contributed by atoms with Gasteiger partial charge in [0.25, 0.3) is 0 Å². The van der Waals surface area contributed by atoms with E-state index in [9.17, 15) is 13.2 Å². The van der Waals surface area contributed by atoms with Gasteiger partial charge in [0.05, 0.1) is 38.2 Å². The van der Waals surface area contributed by atoms with Crippen molar-refractivity contribution in [3.05, 3.63) is 53.6 Å². The molecule has 1 heterocycles. The van der Waals surface area contributed by atoms with Crippen LogP contribution in [0, 0.1) is 12.8 Å². The quantitative estimate of drug-likeness (QED) is 0.575. The van der Waals surface area contributed by atoms with E-state index >= 15 is 0 Å². The average Bonchev–Trinajstić information content (AvgIpc) is 3.18. The predicted octanol–water partition coefficient (Wildman–Crippen LogP) is 3.66. The van der Waals surface area contributed by atoms with Gasteiger partial charge in [-0.05, 0) is 43.2 Å². The van der Waals surface area contributed by atoms with Crippen LogP contribution in [-0.2, 0) is 14.8 Å². The molecule has 8 heteroatoms. The SMILES string of the molecule is COc1ccc(C(=O)C[C@@H]2OC[C@H](C(C)C)N2S(=O)(=O)c2ccc(C)cc2)cc1OC. The zero-order chi connectivity index (χ0) is 22.8. The van der Waals surface area contributed by atoms with Crippen molar-refractivity contribution in [2.75, 3.05) is 20.8 Å². The van der Waals surface area contributed by atoms with E-state index in [2.05, 4.69) is 0 Å². The Kier molecular flexibility index (Phi) is 7.03. The Morgan fingerprint density at radius 2 is 1.74 bits per heavy atom. The van der Waals surface area contributed by atoms with E-state index in [1.807, 2.05) is 20.8 Å². The number of hydrogen-bond donors (Lipinski definition) is 0. The minimum atomic E-state index is -3.84. The maximum Gasteiger partial charge on any atom is 0.245 e. The van der Waals surface area contributed by atoms with Crippen molar-refractivity contribution in [2.24, 2.45) is 5.92 Å². The first-order valence-electron chi connectivity index (χ1n) is 10.2. The molecular formula is C23H29NO6S. The maximum absolute atomic E-state index is 13.5. The van der Waals surface area contributed by atoms with Crippen molar-refractivity contribution in [3.8, 4) is 11.5 Å². The molecule has 1 aliphatic rings. The van der Waals surface area contributed by atoms with Gasteiger partial charge < -0.3 is 14.2 Å². The molecule has 31 heavy (non-hydrogen) atoms. The Morgan fingerprint density at radius 1 is 1.10 bits per heavy atom. The molecule has 0 aliphatic carbocycles. The summed E-state index contributed by atoms with van der Waals surface area (Å²) in [4.78, 5) is 13.2. The van der Waals surface area contributed by atoms with Crippen LogP contribution in [0.5, 0.6) is 11.5 Å². The van der Waals surface area contributed by atoms with Crippen molar-refractivity contribution >= 4 is 15.8 Å². The molecule has 2 atom stereocenters. The number of aryl methyl sites for hydroxylation is 1. The fourth-order valence-corrected chi connectivity index (χ4v) is 5.49. The normalized spacial score (nSPS) is 19.5. The lowest BCUT2D eigenvalue weighted by atomic mass is 10.0. The van der Waals surface area contributed by atoms with Crippen molar-refractivity contribution < 1.29 is 27.4 Å². The van der Waals surface area contributed by atoms with Gasteiger partial charge in [0.2, 0.25) is 10.0 Å². The van der Waals surface area contributed by atoms with Crippen LogP contribution in [0.1, 0.15) is 36.2 Å². The molecule has 0 aromatic heterocycles. The second-order valence-electron chi connectivity index (χ2n) is 7.94. The van der Waals surface area contributed by atoms with E-state index in [0.717, 1.165) is 5.56 Å². The smallest absolute Gasteiger partial charge is 0.245 e. The average molecular weight is 448 g/mol. The number of benzene rings is 2. The van der Waals surface area contributed by atoms with E-state index in [0.29, 0.717) is 17.1 Å². The molecule has 1 saturated heterocycles. The standard InChI is InChI=1S/C23H29NO6S/c1-15(2)19-14-30-23(24(19)31(26,27)18-9-6-16(3)7-10-18)13-20(25)17-8-11-21(28-4)22(12-17)29-5/h6-12,15,19,23H,13-14H2,1-5H3/t19-,23+/m1/s1. The number of rotatable bonds is 8. The first kappa shape index (κ1) is 23.2. The lowest BCUT2D eigenvalue weighted by molar-refractivity contribution is 0.0536. The van der Waals surface area contributed by atoms with E-state index in [1.54, 1.807) is 42.5 Å². The summed E-state index contributed by atoms with van der Waals surface area (Å²) in [6, 6.07) is 11.2. The molecule has 0 unspecified atom stereocenters. The highest BCUT2D eigenvalue weighted by molar-refractivity contribution is 7.89. The largest absolute Gasteiger partial charge is 0.493 e. The second-order valence-corrected chi connectivity index (χ2v) is 9.79. The number of sulfonamides is 1. The Labute approximate surface area is 184 Å². The Hall–Kier alpha value is -2.42. The Balaban J connectivity index is 1.90. The zero-order valence-corrected chi connectivity index (χ0v) is 19.3. The number of carbonyl (C=O) groups is 1. The molecule has 0 radical (unpaired) electrons. The predicted molar refractivity (Wildman–Crippen MR) is 117 cm³/mol. The highest BCUT2D eigenvalue weighted by Gasteiger charge is 2.45. The van der Waals surface area contributed by atoms with Crippen LogP contribution in [0.3, 0.4) is 0 Å². The third-order valence-electron chi connectivity index (χ3n) is 5.50. The summed E-state index contributed by atoms with van der Waals surface area (Å²) in [5.41, 5.74) is 1.37. The summed E-state index contributed by atoms with van der Waals surface area (Å²) in [5.74, 6) is 0.741. The van der Waals surface area contributed by atoms with Crippen LogP contribution >= 0.6 is 0 Å². The molecule has 0 spiro atoms. The highest BCUT2D eigenvalue weighted by atomic mass is 32.2. The fourth-order valence-electron chi connectivity index (χ4n) is 3.66. The van der Waals surface area contributed by atoms with E-state index in [1.165, 1.54) is 18.5 Å². The lowest BCUT2D eigenvalue weighted by Crippen LogP contribution is -2.45. The van der Waals surface area contributed by atoms with Crippen LogP contribution in [0.15, 0.2) is 47.4 Å². The molecule has 0 amide bonds.